The van der Waals surface area contributed by atoms with Gasteiger partial charge in [0.2, 0.25) is 0 Å². The Labute approximate surface area is 197 Å². The third kappa shape index (κ3) is 3.10. The third-order valence-electron chi connectivity index (χ3n) is 6.72. The molecule has 2 aliphatic rings. The lowest BCUT2D eigenvalue weighted by molar-refractivity contribution is 0.0727. The summed E-state index contributed by atoms with van der Waals surface area (Å²) in [6.07, 6.45) is 5.58. The molecule has 9 heteroatoms. The Morgan fingerprint density at radius 1 is 1.12 bits per heavy atom. The first kappa shape index (κ1) is 21.1. The van der Waals surface area contributed by atoms with E-state index in [0.29, 0.717) is 17.0 Å². The number of hydrogen-bond donors (Lipinski definition) is 0. The molecule has 4 aromatic rings. The Bertz CT molecular complexity index is 1470. The van der Waals surface area contributed by atoms with E-state index in [2.05, 4.69) is 10.1 Å². The molecule has 1 fully saturated rings. The van der Waals surface area contributed by atoms with E-state index < -0.39 is 29.4 Å². The van der Waals surface area contributed by atoms with Crippen molar-refractivity contribution in [2.24, 2.45) is 7.05 Å². The zero-order chi connectivity index (χ0) is 23.8. The molecule has 164 valence electrons. The van der Waals surface area contributed by atoms with E-state index in [-0.39, 0.29) is 16.8 Å². The van der Waals surface area contributed by atoms with Gasteiger partial charge in [-0.15, -0.1) is 0 Å². The van der Waals surface area contributed by atoms with Crippen LogP contribution in [0.4, 0.5) is 8.78 Å². The topological polar surface area (TPSA) is 51.0 Å². The molecule has 0 bridgehead atoms. The van der Waals surface area contributed by atoms with Crippen molar-refractivity contribution >= 4 is 32.5 Å². The molecule has 3 heterocycles. The normalized spacial score (nSPS) is 16.9. The zero-order valence-corrected chi connectivity index (χ0v) is 18.4. The molecule has 1 aliphatic carbocycles. The number of aryl methyl sites for hydroxylation is 1. The van der Waals surface area contributed by atoms with E-state index in [1.165, 1.54) is 23.9 Å². The third-order valence-corrected chi connectivity index (χ3v) is 6.72. The van der Waals surface area contributed by atoms with Crippen molar-refractivity contribution in [3.8, 4) is 11.1 Å². The lowest BCUT2D eigenvalue weighted by Gasteiger charge is -2.33. The molecule has 2 aromatic heterocycles. The number of aromatic nitrogens is 3. The molecule has 5 nitrogen and oxygen atoms in total. The number of amides is 1. The Morgan fingerprint density at radius 3 is 2.53 bits per heavy atom. The molecule has 0 saturated heterocycles. The van der Waals surface area contributed by atoms with Crippen molar-refractivity contribution in [1.82, 2.24) is 19.7 Å². The highest BCUT2D eigenvalue weighted by Crippen LogP contribution is 2.44. The van der Waals surface area contributed by atoms with Crippen LogP contribution < -0.4 is 0 Å². The second-order valence-electron chi connectivity index (χ2n) is 9.08. The molecule has 1 amide bonds. The van der Waals surface area contributed by atoms with Crippen LogP contribution in [0, 0.1) is 11.6 Å². The Kier molecular flexibility index (Phi) is 4.50. The number of carbonyl (C=O) groups excluding carboxylic acids is 1. The smallest absolute Gasteiger partial charge is 0.255 e. The van der Waals surface area contributed by atoms with Crippen LogP contribution in [0.2, 0.25) is 0 Å². The van der Waals surface area contributed by atoms with Gasteiger partial charge < -0.3 is 4.90 Å². The standard InChI is InChI=1S/C25H18B2F2N4O/c1-32-11-18-15(6-7-16(13-4-5-13)22(18)31-32)14-9-20(28)19(21(29)10-14)12-33-24(34)17-3-2-8-30-23(17)25(33,26)27/h2-3,6-11,13H,4-5,12H2,1H3. The largest absolute Gasteiger partial charge is 0.340 e. The Hall–Kier alpha value is -3.48. The lowest BCUT2D eigenvalue weighted by atomic mass is 9.59. The van der Waals surface area contributed by atoms with E-state index in [4.69, 9.17) is 15.7 Å². The number of fused-ring (bicyclic) bond motifs is 2. The quantitative estimate of drug-likeness (QED) is 0.444. The molecule has 0 unspecified atom stereocenters. The minimum absolute atomic E-state index is 0.173. The van der Waals surface area contributed by atoms with Crippen LogP contribution in [0.1, 0.15) is 45.9 Å². The molecule has 4 radical (unpaired) electrons. The first-order valence-electron chi connectivity index (χ1n) is 11.1. The summed E-state index contributed by atoms with van der Waals surface area (Å²) in [5.74, 6) is -1.60. The average molecular weight is 450 g/mol. The van der Waals surface area contributed by atoms with E-state index in [9.17, 15) is 4.79 Å². The molecular formula is C25H18B2F2N4O. The maximum Gasteiger partial charge on any atom is 0.255 e. The van der Waals surface area contributed by atoms with Crippen molar-refractivity contribution < 1.29 is 13.6 Å². The van der Waals surface area contributed by atoms with Gasteiger partial charge in [-0.3, -0.25) is 14.5 Å². The fourth-order valence-corrected chi connectivity index (χ4v) is 4.82. The highest BCUT2D eigenvalue weighted by Gasteiger charge is 2.43. The van der Waals surface area contributed by atoms with Gasteiger partial charge in [0.25, 0.3) is 5.91 Å². The van der Waals surface area contributed by atoms with Crippen LogP contribution >= 0.6 is 0 Å². The molecule has 0 atom stereocenters. The van der Waals surface area contributed by atoms with E-state index in [1.807, 2.05) is 25.4 Å². The maximum absolute atomic E-state index is 15.3. The first-order chi connectivity index (χ1) is 16.3. The van der Waals surface area contributed by atoms with Gasteiger partial charge in [0, 0.05) is 35.7 Å². The Morgan fingerprint density at radius 2 is 1.85 bits per heavy atom. The van der Waals surface area contributed by atoms with Gasteiger partial charge in [0.1, 0.15) is 11.6 Å². The van der Waals surface area contributed by atoms with Crippen LogP contribution in [0.15, 0.2) is 48.8 Å². The number of hydrogen-bond acceptors (Lipinski definition) is 3. The summed E-state index contributed by atoms with van der Waals surface area (Å²) in [7, 11) is 14.2. The van der Waals surface area contributed by atoms with Crippen LogP contribution in [0.25, 0.3) is 22.0 Å². The highest BCUT2D eigenvalue weighted by molar-refractivity contribution is 6.42. The molecule has 34 heavy (non-hydrogen) atoms. The van der Waals surface area contributed by atoms with Crippen LogP contribution in [0.5, 0.6) is 0 Å². The van der Waals surface area contributed by atoms with Gasteiger partial charge in [-0.05, 0) is 59.7 Å². The van der Waals surface area contributed by atoms with Gasteiger partial charge in [-0.2, -0.15) is 5.10 Å². The molecule has 0 N–H and O–H groups in total. The second kappa shape index (κ2) is 7.26. The average Bonchev–Trinajstić information content (AvgIpc) is 3.53. The summed E-state index contributed by atoms with van der Waals surface area (Å²) in [5.41, 5.74) is 3.21. The molecule has 1 saturated carbocycles. The van der Waals surface area contributed by atoms with Gasteiger partial charge >= 0.3 is 0 Å². The monoisotopic (exact) mass is 450 g/mol. The number of pyridine rings is 1. The Balaban J connectivity index is 1.39. The first-order valence-corrected chi connectivity index (χ1v) is 11.1. The summed E-state index contributed by atoms with van der Waals surface area (Å²) >= 11 is 0. The van der Waals surface area contributed by atoms with E-state index in [1.54, 1.807) is 16.8 Å². The van der Waals surface area contributed by atoms with Gasteiger partial charge in [0.15, 0.2) is 0 Å². The summed E-state index contributed by atoms with van der Waals surface area (Å²) in [4.78, 5) is 18.0. The SMILES string of the molecule is [B]C1([B])c2ncccc2C(=O)N1Cc1c(F)cc(-c2ccc(C3CC3)c3nn(C)cc23)cc1F. The van der Waals surface area contributed by atoms with Crippen LogP contribution in [-0.4, -0.2) is 41.3 Å². The summed E-state index contributed by atoms with van der Waals surface area (Å²) in [6, 6.07) is 9.56. The van der Waals surface area contributed by atoms with Crippen molar-refractivity contribution in [3.05, 3.63) is 82.8 Å². The van der Waals surface area contributed by atoms with Crippen LogP contribution in [-0.2, 0) is 18.9 Å². The fourth-order valence-electron chi connectivity index (χ4n) is 4.82. The van der Waals surface area contributed by atoms with Crippen LogP contribution in [0.3, 0.4) is 0 Å². The second-order valence-corrected chi connectivity index (χ2v) is 9.08. The van der Waals surface area contributed by atoms with E-state index >= 15 is 8.78 Å². The molecule has 0 spiro atoms. The number of benzene rings is 2. The van der Waals surface area contributed by atoms with E-state index in [0.717, 1.165) is 28.6 Å². The number of carbonyl (C=O) groups is 1. The molecular weight excluding hydrogens is 432 g/mol. The van der Waals surface area contributed by atoms with Crippen molar-refractivity contribution in [3.63, 3.8) is 0 Å². The van der Waals surface area contributed by atoms with Crippen molar-refractivity contribution in [1.29, 1.82) is 0 Å². The number of nitrogens with zero attached hydrogens (tertiary/aromatic N) is 4. The maximum atomic E-state index is 15.3. The zero-order valence-electron chi connectivity index (χ0n) is 18.4. The van der Waals surface area contributed by atoms with Gasteiger partial charge in [0.05, 0.1) is 39.0 Å². The van der Waals surface area contributed by atoms with Crippen molar-refractivity contribution in [2.75, 3.05) is 0 Å². The molecule has 1 aliphatic heterocycles. The minimum atomic E-state index is -1.77. The number of halogens is 2. The van der Waals surface area contributed by atoms with Crippen molar-refractivity contribution in [2.45, 2.75) is 30.6 Å². The predicted octanol–water partition coefficient (Wildman–Crippen LogP) is 3.89. The summed E-state index contributed by atoms with van der Waals surface area (Å²) in [6.45, 7) is -0.428. The number of rotatable bonds is 4. The summed E-state index contributed by atoms with van der Waals surface area (Å²) < 4.78 is 32.3. The lowest BCUT2D eigenvalue weighted by Crippen LogP contribution is -2.45. The highest BCUT2D eigenvalue weighted by atomic mass is 19.1. The molecule has 6 rings (SSSR count). The minimum Gasteiger partial charge on any atom is -0.340 e. The van der Waals surface area contributed by atoms with Gasteiger partial charge in [-0.25, -0.2) is 8.78 Å². The predicted molar refractivity (Wildman–Crippen MR) is 125 cm³/mol. The van der Waals surface area contributed by atoms with Gasteiger partial charge in [-0.1, -0.05) is 12.1 Å². The summed E-state index contributed by atoms with van der Waals surface area (Å²) in [5, 5.41) is 3.66. The fraction of sp³-hybridized carbons (Fsp3) is 0.240. The molecule has 2 aromatic carbocycles.